The van der Waals surface area contributed by atoms with Crippen molar-refractivity contribution in [3.8, 4) is 0 Å². The second kappa shape index (κ2) is 4.81. The molecule has 0 fully saturated rings. The van der Waals surface area contributed by atoms with Crippen LogP contribution in [0.5, 0.6) is 0 Å². The van der Waals surface area contributed by atoms with Gasteiger partial charge in [0.2, 0.25) is 7.42 Å². The van der Waals surface area contributed by atoms with Gasteiger partial charge in [-0.15, -0.1) is 0 Å². The van der Waals surface area contributed by atoms with E-state index in [1.54, 1.807) is 0 Å². The first kappa shape index (κ1) is 9.11. The number of hydrogen-bond donors (Lipinski definition) is 0. The monoisotopic (exact) mass is 204 g/mol. The van der Waals surface area contributed by atoms with Crippen molar-refractivity contribution in [1.29, 1.82) is 0 Å². The molecular formula is C8H10Cl2Si. The highest BCUT2D eigenvalue weighted by Crippen LogP contribution is 2.09. The molecule has 0 aliphatic heterocycles. The summed E-state index contributed by atoms with van der Waals surface area (Å²) in [4.78, 5) is 0. The summed E-state index contributed by atoms with van der Waals surface area (Å²) >= 11 is 11.5. The molecule has 0 aromatic heterocycles. The van der Waals surface area contributed by atoms with Crippen molar-refractivity contribution in [1.82, 2.24) is 0 Å². The van der Waals surface area contributed by atoms with E-state index in [-0.39, 0.29) is 0 Å². The minimum Gasteiger partial charge on any atom is -0.150 e. The molecule has 0 saturated carbocycles. The van der Waals surface area contributed by atoms with E-state index in [1.807, 2.05) is 18.2 Å². The summed E-state index contributed by atoms with van der Waals surface area (Å²) in [6.07, 6.45) is 1.02. The molecule has 0 bridgehead atoms. The van der Waals surface area contributed by atoms with Gasteiger partial charge < -0.3 is 0 Å². The van der Waals surface area contributed by atoms with Crippen LogP contribution in [0.3, 0.4) is 0 Å². The molecule has 0 aliphatic rings. The lowest BCUT2D eigenvalue weighted by atomic mass is 10.2. The van der Waals surface area contributed by atoms with Crippen LogP contribution in [0.2, 0.25) is 6.04 Å². The van der Waals surface area contributed by atoms with Gasteiger partial charge in [-0.05, 0) is 18.0 Å². The van der Waals surface area contributed by atoms with Crippen LogP contribution in [0, 0.1) is 0 Å². The summed E-state index contributed by atoms with van der Waals surface area (Å²) in [7, 11) is -1.40. The lowest BCUT2D eigenvalue weighted by Gasteiger charge is -1.98. The molecule has 3 heteroatoms. The zero-order chi connectivity index (χ0) is 8.10. The highest BCUT2D eigenvalue weighted by atomic mass is 35.7. The maximum absolute atomic E-state index is 5.73. The Balaban J connectivity index is 2.39. The van der Waals surface area contributed by atoms with Crippen LogP contribution in [-0.4, -0.2) is 7.42 Å². The van der Waals surface area contributed by atoms with E-state index in [0.717, 1.165) is 12.5 Å². The lowest BCUT2D eigenvalue weighted by molar-refractivity contribution is 1.13. The van der Waals surface area contributed by atoms with Gasteiger partial charge in [0.05, 0.1) is 0 Å². The second-order valence-corrected chi connectivity index (χ2v) is 7.61. The Hall–Kier alpha value is 0.0169. The summed E-state index contributed by atoms with van der Waals surface area (Å²) in [5.41, 5.74) is 1.33. The molecule has 0 saturated heterocycles. The number of aryl methyl sites for hydroxylation is 1. The fourth-order valence-electron chi connectivity index (χ4n) is 0.920. The Labute approximate surface area is 78.2 Å². The van der Waals surface area contributed by atoms with E-state index >= 15 is 0 Å². The van der Waals surface area contributed by atoms with Crippen molar-refractivity contribution in [2.75, 3.05) is 0 Å². The van der Waals surface area contributed by atoms with E-state index in [0.29, 0.717) is 0 Å². The van der Waals surface area contributed by atoms with Gasteiger partial charge in [0.25, 0.3) is 0 Å². The Bertz CT molecular complexity index is 199. The number of halogens is 2. The van der Waals surface area contributed by atoms with E-state index in [4.69, 9.17) is 22.2 Å². The highest BCUT2D eigenvalue weighted by molar-refractivity contribution is 7.33. The molecule has 0 atom stereocenters. The minimum atomic E-state index is -1.40. The quantitative estimate of drug-likeness (QED) is 0.525. The summed E-state index contributed by atoms with van der Waals surface area (Å²) in [5, 5.41) is 0. The molecule has 0 N–H and O–H groups in total. The van der Waals surface area contributed by atoms with Gasteiger partial charge in [0, 0.05) is 0 Å². The molecule has 60 valence electrons. The fraction of sp³-hybridized carbons (Fsp3) is 0.250. The van der Waals surface area contributed by atoms with Crippen molar-refractivity contribution < 1.29 is 0 Å². The Morgan fingerprint density at radius 2 is 1.73 bits per heavy atom. The first-order chi connectivity index (χ1) is 5.29. The smallest absolute Gasteiger partial charge is 0.150 e. The molecule has 1 aromatic carbocycles. The molecule has 0 amide bonds. The van der Waals surface area contributed by atoms with Crippen molar-refractivity contribution >= 4 is 29.6 Å². The Morgan fingerprint density at radius 3 is 2.27 bits per heavy atom. The predicted molar refractivity (Wildman–Crippen MR) is 53.8 cm³/mol. The number of rotatable bonds is 3. The van der Waals surface area contributed by atoms with Crippen LogP contribution < -0.4 is 0 Å². The topological polar surface area (TPSA) is 0 Å². The third-order valence-electron chi connectivity index (χ3n) is 1.49. The first-order valence-corrected chi connectivity index (χ1v) is 7.92. The van der Waals surface area contributed by atoms with Crippen molar-refractivity contribution in [3.05, 3.63) is 35.9 Å². The SMILES string of the molecule is Cl[SiH](Cl)CCc1ccccc1. The molecule has 0 radical (unpaired) electrons. The third kappa shape index (κ3) is 3.80. The molecule has 0 nitrogen and oxygen atoms in total. The maximum atomic E-state index is 5.73. The van der Waals surface area contributed by atoms with Gasteiger partial charge in [0.1, 0.15) is 0 Å². The number of hydrogen-bond acceptors (Lipinski definition) is 0. The molecule has 0 heterocycles. The Morgan fingerprint density at radius 1 is 1.09 bits per heavy atom. The van der Waals surface area contributed by atoms with Crippen molar-refractivity contribution in [2.24, 2.45) is 0 Å². The van der Waals surface area contributed by atoms with E-state index < -0.39 is 7.42 Å². The molecule has 0 aliphatic carbocycles. The van der Waals surface area contributed by atoms with Gasteiger partial charge >= 0.3 is 0 Å². The van der Waals surface area contributed by atoms with Crippen LogP contribution >= 0.6 is 22.2 Å². The van der Waals surface area contributed by atoms with Crippen molar-refractivity contribution in [3.63, 3.8) is 0 Å². The van der Waals surface area contributed by atoms with E-state index in [9.17, 15) is 0 Å². The van der Waals surface area contributed by atoms with Gasteiger partial charge in [-0.25, -0.2) is 0 Å². The molecule has 0 unspecified atom stereocenters. The first-order valence-electron chi connectivity index (χ1n) is 3.61. The summed E-state index contributed by atoms with van der Waals surface area (Å²) < 4.78 is 0. The summed E-state index contributed by atoms with van der Waals surface area (Å²) in [6.45, 7) is 0. The van der Waals surface area contributed by atoms with Crippen molar-refractivity contribution in [2.45, 2.75) is 12.5 Å². The third-order valence-corrected chi connectivity index (χ3v) is 3.53. The van der Waals surface area contributed by atoms with Crippen LogP contribution in [0.25, 0.3) is 0 Å². The Kier molecular flexibility index (Phi) is 3.98. The lowest BCUT2D eigenvalue weighted by Crippen LogP contribution is -1.94. The normalized spacial score (nSPS) is 10.5. The van der Waals surface area contributed by atoms with Crippen LogP contribution in [0.15, 0.2) is 30.3 Å². The molecule has 0 spiro atoms. The molecular weight excluding hydrogens is 195 g/mol. The zero-order valence-corrected chi connectivity index (χ0v) is 8.80. The average molecular weight is 205 g/mol. The highest BCUT2D eigenvalue weighted by Gasteiger charge is 2.01. The van der Waals surface area contributed by atoms with Gasteiger partial charge in [-0.1, -0.05) is 30.3 Å². The van der Waals surface area contributed by atoms with Crippen LogP contribution in [0.4, 0.5) is 0 Å². The summed E-state index contributed by atoms with van der Waals surface area (Å²) in [5.74, 6) is 0. The fourth-order valence-corrected chi connectivity index (χ4v) is 2.13. The van der Waals surface area contributed by atoms with Gasteiger partial charge in [-0.3, -0.25) is 0 Å². The van der Waals surface area contributed by atoms with Gasteiger partial charge in [-0.2, -0.15) is 22.2 Å². The van der Waals surface area contributed by atoms with Gasteiger partial charge in [0.15, 0.2) is 0 Å². The standard InChI is InChI=1S/C8H10Cl2Si/c9-11(10)7-6-8-4-2-1-3-5-8/h1-5,11H,6-7H2. The average Bonchev–Trinajstić information content (AvgIpc) is 2.03. The summed E-state index contributed by atoms with van der Waals surface area (Å²) in [6, 6.07) is 11.3. The van der Waals surface area contributed by atoms with Crippen LogP contribution in [0.1, 0.15) is 5.56 Å². The minimum absolute atomic E-state index is 0.965. The maximum Gasteiger partial charge on any atom is 0.237 e. The van der Waals surface area contributed by atoms with E-state index in [2.05, 4.69) is 12.1 Å². The molecule has 1 rings (SSSR count). The predicted octanol–water partition coefficient (Wildman–Crippen LogP) is 2.93. The largest absolute Gasteiger partial charge is 0.237 e. The van der Waals surface area contributed by atoms with E-state index in [1.165, 1.54) is 5.56 Å². The molecule has 11 heavy (non-hydrogen) atoms. The van der Waals surface area contributed by atoms with Crippen LogP contribution in [-0.2, 0) is 6.42 Å². The molecule has 1 aromatic rings. The number of benzene rings is 1. The zero-order valence-electron chi connectivity index (χ0n) is 6.13. The second-order valence-electron chi connectivity index (χ2n) is 2.42.